The van der Waals surface area contributed by atoms with Crippen molar-refractivity contribution in [3.63, 3.8) is 0 Å². The van der Waals surface area contributed by atoms with Gasteiger partial charge in [-0.05, 0) is 12.5 Å². The van der Waals surface area contributed by atoms with E-state index >= 15 is 0 Å². The predicted molar refractivity (Wildman–Crippen MR) is 84.5 cm³/mol. The van der Waals surface area contributed by atoms with Crippen LogP contribution in [0.3, 0.4) is 0 Å². The van der Waals surface area contributed by atoms with E-state index in [1.807, 2.05) is 0 Å². The number of alkyl halides is 3. The lowest BCUT2D eigenvalue weighted by Crippen LogP contribution is -2.49. The SMILES string of the molecule is O=C(c1ccnc(OCC(F)(F)F)c1)N1CCC(N2CCNCC2)C1. The lowest BCUT2D eigenvalue weighted by Gasteiger charge is -2.32. The summed E-state index contributed by atoms with van der Waals surface area (Å²) in [7, 11) is 0. The van der Waals surface area contributed by atoms with Gasteiger partial charge in [-0.25, -0.2) is 4.98 Å². The Kier molecular flexibility index (Phi) is 5.43. The van der Waals surface area contributed by atoms with Crippen molar-refractivity contribution < 1.29 is 22.7 Å². The van der Waals surface area contributed by atoms with Crippen molar-refractivity contribution in [1.29, 1.82) is 0 Å². The minimum Gasteiger partial charge on any atom is -0.468 e. The normalized spacial score (nSPS) is 22.2. The van der Waals surface area contributed by atoms with Gasteiger partial charge in [0.2, 0.25) is 5.88 Å². The summed E-state index contributed by atoms with van der Waals surface area (Å²) in [5.74, 6) is -0.391. The number of carbonyl (C=O) groups excluding carboxylic acids is 1. The summed E-state index contributed by atoms with van der Waals surface area (Å²) in [6, 6.07) is 3.11. The quantitative estimate of drug-likeness (QED) is 0.875. The summed E-state index contributed by atoms with van der Waals surface area (Å²) in [4.78, 5) is 20.5. The molecule has 0 radical (unpaired) electrons. The monoisotopic (exact) mass is 358 g/mol. The van der Waals surface area contributed by atoms with E-state index in [9.17, 15) is 18.0 Å². The number of piperazine rings is 1. The van der Waals surface area contributed by atoms with Crippen LogP contribution in [0.25, 0.3) is 0 Å². The zero-order valence-corrected chi connectivity index (χ0v) is 13.8. The van der Waals surface area contributed by atoms with E-state index in [1.54, 1.807) is 4.90 Å². The van der Waals surface area contributed by atoms with Crippen LogP contribution in [-0.2, 0) is 0 Å². The molecule has 1 N–H and O–H groups in total. The van der Waals surface area contributed by atoms with E-state index < -0.39 is 12.8 Å². The number of nitrogens with zero attached hydrogens (tertiary/aromatic N) is 3. The third-order valence-electron chi connectivity index (χ3n) is 4.48. The van der Waals surface area contributed by atoms with Gasteiger partial charge in [0.15, 0.2) is 6.61 Å². The summed E-state index contributed by atoms with van der Waals surface area (Å²) in [5, 5.41) is 3.30. The number of rotatable bonds is 4. The first-order chi connectivity index (χ1) is 11.9. The molecule has 3 rings (SSSR count). The first-order valence-corrected chi connectivity index (χ1v) is 8.32. The van der Waals surface area contributed by atoms with Crippen LogP contribution in [0.1, 0.15) is 16.8 Å². The second-order valence-corrected chi connectivity index (χ2v) is 6.27. The van der Waals surface area contributed by atoms with E-state index in [-0.39, 0.29) is 11.8 Å². The minimum absolute atomic E-state index is 0.193. The lowest BCUT2D eigenvalue weighted by molar-refractivity contribution is -0.154. The number of nitrogens with one attached hydrogen (secondary N) is 1. The molecular weight excluding hydrogens is 337 g/mol. The van der Waals surface area contributed by atoms with Gasteiger partial charge >= 0.3 is 6.18 Å². The maximum Gasteiger partial charge on any atom is 0.422 e. The van der Waals surface area contributed by atoms with Crippen LogP contribution in [0.4, 0.5) is 13.2 Å². The highest BCUT2D eigenvalue weighted by Gasteiger charge is 2.32. The third-order valence-corrected chi connectivity index (χ3v) is 4.48. The largest absolute Gasteiger partial charge is 0.468 e. The molecule has 2 fully saturated rings. The van der Waals surface area contributed by atoms with Gasteiger partial charge in [-0.3, -0.25) is 9.69 Å². The van der Waals surface area contributed by atoms with Crippen LogP contribution < -0.4 is 10.1 Å². The standard InChI is InChI=1S/C16H21F3N4O2/c17-16(18,19)11-25-14-9-12(1-3-21-14)15(24)23-6-2-13(10-23)22-7-4-20-5-8-22/h1,3,9,13,20H,2,4-8,10-11H2. The summed E-state index contributed by atoms with van der Waals surface area (Å²) in [5.41, 5.74) is 0.299. The Morgan fingerprint density at radius 3 is 2.80 bits per heavy atom. The summed E-state index contributed by atoms with van der Waals surface area (Å²) in [6.07, 6.45) is -2.23. The number of halogens is 3. The molecule has 1 aromatic rings. The van der Waals surface area contributed by atoms with Gasteiger partial charge in [-0.1, -0.05) is 0 Å². The fourth-order valence-corrected chi connectivity index (χ4v) is 3.23. The van der Waals surface area contributed by atoms with E-state index in [0.717, 1.165) is 32.6 Å². The van der Waals surface area contributed by atoms with Crippen molar-refractivity contribution in [3.05, 3.63) is 23.9 Å². The van der Waals surface area contributed by atoms with Gasteiger partial charge in [-0.15, -0.1) is 0 Å². The lowest BCUT2D eigenvalue weighted by atomic mass is 10.2. The maximum atomic E-state index is 12.6. The van der Waals surface area contributed by atoms with Gasteiger partial charge in [0.1, 0.15) is 0 Å². The second-order valence-electron chi connectivity index (χ2n) is 6.27. The highest BCUT2D eigenvalue weighted by molar-refractivity contribution is 5.94. The Labute approximate surface area is 143 Å². The molecule has 1 unspecified atom stereocenters. The van der Waals surface area contributed by atoms with E-state index in [4.69, 9.17) is 0 Å². The van der Waals surface area contributed by atoms with Crippen LogP contribution in [0.2, 0.25) is 0 Å². The molecule has 9 heteroatoms. The first kappa shape index (κ1) is 17.9. The Balaban J connectivity index is 1.59. The Bertz CT molecular complexity index is 605. The molecule has 1 aromatic heterocycles. The summed E-state index contributed by atoms with van der Waals surface area (Å²) < 4.78 is 41.3. The van der Waals surface area contributed by atoms with Crippen molar-refractivity contribution in [1.82, 2.24) is 20.1 Å². The van der Waals surface area contributed by atoms with Crippen LogP contribution in [0, 0.1) is 0 Å². The molecule has 138 valence electrons. The molecule has 0 aliphatic carbocycles. The maximum absolute atomic E-state index is 12.6. The van der Waals surface area contributed by atoms with E-state index in [1.165, 1.54) is 18.3 Å². The van der Waals surface area contributed by atoms with Crippen LogP contribution in [0.5, 0.6) is 5.88 Å². The molecule has 2 aliphatic heterocycles. The molecular formula is C16H21F3N4O2. The van der Waals surface area contributed by atoms with Crippen molar-refractivity contribution in [2.45, 2.75) is 18.6 Å². The summed E-state index contributed by atoms with van der Waals surface area (Å²) in [6.45, 7) is 3.71. The molecule has 6 nitrogen and oxygen atoms in total. The Morgan fingerprint density at radius 1 is 1.32 bits per heavy atom. The van der Waals surface area contributed by atoms with Gasteiger partial charge in [0.25, 0.3) is 5.91 Å². The molecule has 0 bridgehead atoms. The van der Waals surface area contributed by atoms with Crippen LogP contribution in [-0.4, -0.2) is 78.8 Å². The molecule has 2 aliphatic rings. The Hall–Kier alpha value is -1.87. The molecule has 2 saturated heterocycles. The highest BCUT2D eigenvalue weighted by Crippen LogP contribution is 2.21. The summed E-state index contributed by atoms with van der Waals surface area (Å²) >= 11 is 0. The van der Waals surface area contributed by atoms with Crippen LogP contribution >= 0.6 is 0 Å². The number of amides is 1. The van der Waals surface area contributed by atoms with Crippen LogP contribution in [0.15, 0.2) is 18.3 Å². The fourth-order valence-electron chi connectivity index (χ4n) is 3.23. The zero-order valence-electron chi connectivity index (χ0n) is 13.8. The number of carbonyl (C=O) groups is 1. The first-order valence-electron chi connectivity index (χ1n) is 8.32. The Morgan fingerprint density at radius 2 is 2.08 bits per heavy atom. The molecule has 0 spiro atoms. The second kappa shape index (κ2) is 7.57. The topological polar surface area (TPSA) is 57.7 Å². The zero-order chi connectivity index (χ0) is 17.9. The average Bonchev–Trinajstić information content (AvgIpc) is 3.10. The molecule has 1 amide bonds. The number of hydrogen-bond donors (Lipinski definition) is 1. The molecule has 0 saturated carbocycles. The fraction of sp³-hybridized carbons (Fsp3) is 0.625. The minimum atomic E-state index is -4.44. The van der Waals surface area contributed by atoms with Gasteiger partial charge in [0, 0.05) is 63.1 Å². The number of likely N-dealkylation sites (tertiary alicyclic amines) is 1. The smallest absolute Gasteiger partial charge is 0.422 e. The number of ether oxygens (including phenoxy) is 1. The van der Waals surface area contributed by atoms with Gasteiger partial charge in [0.05, 0.1) is 0 Å². The number of pyridine rings is 1. The average molecular weight is 358 g/mol. The predicted octanol–water partition coefficient (Wildman–Crippen LogP) is 1.14. The van der Waals surface area contributed by atoms with E-state index in [2.05, 4.69) is 19.9 Å². The van der Waals surface area contributed by atoms with Gasteiger partial charge < -0.3 is 15.0 Å². The highest BCUT2D eigenvalue weighted by atomic mass is 19.4. The molecule has 0 aromatic carbocycles. The third kappa shape index (κ3) is 4.82. The van der Waals surface area contributed by atoms with Crippen molar-refractivity contribution in [3.8, 4) is 5.88 Å². The van der Waals surface area contributed by atoms with Crippen molar-refractivity contribution in [2.24, 2.45) is 0 Å². The number of aromatic nitrogens is 1. The molecule has 3 heterocycles. The molecule has 25 heavy (non-hydrogen) atoms. The van der Waals surface area contributed by atoms with Crippen molar-refractivity contribution in [2.75, 3.05) is 45.9 Å². The molecule has 1 atom stereocenters. The number of hydrogen-bond acceptors (Lipinski definition) is 5. The van der Waals surface area contributed by atoms with Gasteiger partial charge in [-0.2, -0.15) is 13.2 Å². The van der Waals surface area contributed by atoms with Crippen molar-refractivity contribution >= 4 is 5.91 Å². The van der Waals surface area contributed by atoms with E-state index in [0.29, 0.717) is 24.7 Å².